The van der Waals surface area contributed by atoms with Gasteiger partial charge in [-0.3, -0.25) is 43.6 Å². The van der Waals surface area contributed by atoms with Crippen LogP contribution in [0.1, 0.15) is 63.3 Å². The number of rotatable bonds is 16. The number of nitrogens with one attached hydrogen (secondary N) is 4. The highest BCUT2D eigenvalue weighted by molar-refractivity contribution is 6.23. The van der Waals surface area contributed by atoms with E-state index in [1.165, 1.54) is 30.5 Å². The molecule has 3 saturated heterocycles. The third-order valence-electron chi connectivity index (χ3n) is 14.9. The number of hydrogen-bond acceptors (Lipinski definition) is 16. The van der Waals surface area contributed by atoms with E-state index in [9.17, 15) is 33.2 Å². The molecule has 77 heavy (non-hydrogen) atoms. The minimum absolute atomic E-state index is 0.158. The van der Waals surface area contributed by atoms with Crippen molar-refractivity contribution in [2.75, 3.05) is 105 Å². The predicted octanol–water partition coefficient (Wildman–Crippen LogP) is 5.18. The number of imide groups is 1. The summed E-state index contributed by atoms with van der Waals surface area (Å²) in [5.41, 5.74) is 2.95. The third kappa shape index (κ3) is 10.5. The van der Waals surface area contributed by atoms with Crippen molar-refractivity contribution in [3.8, 4) is 17.2 Å². The van der Waals surface area contributed by atoms with Crippen molar-refractivity contribution in [3.63, 3.8) is 0 Å². The largest absolute Gasteiger partial charge is 0.495 e. The molecule has 4 aliphatic heterocycles. The van der Waals surface area contributed by atoms with E-state index >= 15 is 0 Å². The molecule has 4 fully saturated rings. The molecular formula is C55H56FN13O8. The van der Waals surface area contributed by atoms with E-state index in [1.54, 1.807) is 60.7 Å². The van der Waals surface area contributed by atoms with E-state index in [-0.39, 0.29) is 17.5 Å². The highest BCUT2D eigenvalue weighted by atomic mass is 19.1. The van der Waals surface area contributed by atoms with Gasteiger partial charge in [0.1, 0.15) is 34.5 Å². The maximum atomic E-state index is 13.5. The standard InChI is InChI=1S/C55H56FN13O8/c1-76-47-31-41-42(57-20-15-46(41)77-38-12-9-36(10-13-38)62-53(75)55(16-17-55)52(74)61-35-7-5-34(56)6-8-35)32-45(47)67-26-28-68(29-27-67)51(73)43-33-60-54(64-63-43)59-19-3-21-65-22-24-66(25-23-65)37-11-14-39-40(30-37)50(72)69(49(39)71)44-4-2-18-58-48(44)70/h5-15,20,30-33,44H,2-4,16-19,21-29H2,1H3,(H,58,70)(H,61,74)(H,62,75)(H,59,60,64). The Balaban J connectivity index is 0.620. The number of piperazine rings is 2. The van der Waals surface area contributed by atoms with Crippen molar-refractivity contribution < 1.29 is 42.6 Å². The van der Waals surface area contributed by atoms with E-state index in [0.717, 1.165) is 67.2 Å². The number of ether oxygens (including phenoxy) is 2. The second kappa shape index (κ2) is 21.4. The van der Waals surface area contributed by atoms with Crippen LogP contribution in [0.5, 0.6) is 17.2 Å². The topological polar surface area (TPSA) is 237 Å². The number of halogens is 1. The van der Waals surface area contributed by atoms with E-state index < -0.39 is 40.9 Å². The molecule has 396 valence electrons. The van der Waals surface area contributed by atoms with Gasteiger partial charge >= 0.3 is 0 Å². The SMILES string of the molecule is COc1cc2c(Oc3ccc(NC(=O)C4(C(=O)Nc5ccc(F)cc5)CC4)cc3)ccnc2cc1N1CCN(C(=O)c2cnc(NCCCN3CCN(c4ccc5c(c4)C(=O)N(C4CCCNC4=O)C5=O)CC3)nn2)CC1. The maximum absolute atomic E-state index is 13.5. The Kier molecular flexibility index (Phi) is 14.0. The first-order valence-corrected chi connectivity index (χ1v) is 25.8. The molecule has 5 aliphatic rings. The van der Waals surface area contributed by atoms with Crippen LogP contribution in [0.2, 0.25) is 0 Å². The maximum Gasteiger partial charge on any atom is 0.276 e. The van der Waals surface area contributed by atoms with Crippen molar-refractivity contribution in [2.45, 2.75) is 38.1 Å². The average Bonchev–Trinajstić information content (AvgIpc) is 4.36. The molecule has 6 amide bonds. The normalized spacial score (nSPS) is 18.2. The zero-order valence-electron chi connectivity index (χ0n) is 42.3. The molecule has 0 bridgehead atoms. The van der Waals surface area contributed by atoms with E-state index in [2.05, 4.69) is 56.1 Å². The van der Waals surface area contributed by atoms with Crippen LogP contribution < -0.4 is 40.5 Å². The molecule has 21 nitrogen and oxygen atoms in total. The van der Waals surface area contributed by atoms with Crippen LogP contribution in [0.15, 0.2) is 97.3 Å². The number of pyridine rings is 1. The van der Waals surface area contributed by atoms with Crippen molar-refractivity contribution in [3.05, 3.63) is 120 Å². The van der Waals surface area contributed by atoms with E-state index in [4.69, 9.17) is 9.47 Å². The van der Waals surface area contributed by atoms with Crippen LogP contribution in [0, 0.1) is 11.2 Å². The second-order valence-electron chi connectivity index (χ2n) is 19.7. The van der Waals surface area contributed by atoms with Crippen LogP contribution in [0.25, 0.3) is 10.9 Å². The van der Waals surface area contributed by atoms with Gasteiger partial charge in [0.15, 0.2) is 5.69 Å². The Morgan fingerprint density at radius 2 is 1.47 bits per heavy atom. The molecule has 1 saturated carbocycles. The van der Waals surface area contributed by atoms with Gasteiger partial charge < -0.3 is 45.4 Å². The first-order chi connectivity index (χ1) is 37.4. The lowest BCUT2D eigenvalue weighted by Gasteiger charge is -2.36. The van der Waals surface area contributed by atoms with Crippen LogP contribution >= 0.6 is 0 Å². The summed E-state index contributed by atoms with van der Waals surface area (Å²) in [4.78, 5) is 97.4. The van der Waals surface area contributed by atoms with Crippen LogP contribution in [-0.2, 0) is 14.4 Å². The van der Waals surface area contributed by atoms with Crippen LogP contribution in [0.4, 0.5) is 33.1 Å². The summed E-state index contributed by atoms with van der Waals surface area (Å²) in [6, 6.07) is 22.4. The number of nitrogens with zero attached hydrogens (tertiary/aromatic N) is 9. The number of carbonyl (C=O) groups excluding carboxylic acids is 6. The molecule has 6 heterocycles. The van der Waals surface area contributed by atoms with Gasteiger partial charge in [0.05, 0.1) is 35.6 Å². The first-order valence-electron chi connectivity index (χ1n) is 25.8. The van der Waals surface area contributed by atoms with Gasteiger partial charge in [-0.15, -0.1) is 10.2 Å². The first kappa shape index (κ1) is 50.4. The number of carbonyl (C=O) groups is 6. The molecule has 22 heteroatoms. The Hall–Kier alpha value is -8.79. The quantitative estimate of drug-likeness (QED) is 0.0555. The molecule has 1 atom stereocenters. The molecule has 6 aromatic rings. The highest BCUT2D eigenvalue weighted by Crippen LogP contribution is 2.48. The fourth-order valence-corrected chi connectivity index (χ4v) is 10.3. The summed E-state index contributed by atoms with van der Waals surface area (Å²) in [6.45, 7) is 7.10. The second-order valence-corrected chi connectivity index (χ2v) is 19.7. The molecule has 0 radical (unpaired) electrons. The van der Waals surface area contributed by atoms with Crippen molar-refractivity contribution >= 4 is 75.0 Å². The van der Waals surface area contributed by atoms with Gasteiger partial charge in [-0.2, -0.15) is 0 Å². The molecular weight excluding hydrogens is 990 g/mol. The Labute approximate surface area is 442 Å². The van der Waals surface area contributed by atoms with Gasteiger partial charge in [0, 0.05) is 94.1 Å². The van der Waals surface area contributed by atoms with Gasteiger partial charge in [0.25, 0.3) is 17.7 Å². The number of methoxy groups -OCH3 is 1. The van der Waals surface area contributed by atoms with Gasteiger partial charge in [-0.05, 0) is 124 Å². The zero-order valence-corrected chi connectivity index (χ0v) is 42.3. The molecule has 0 spiro atoms. The minimum Gasteiger partial charge on any atom is -0.495 e. The number of hydrogen-bond donors (Lipinski definition) is 4. The summed E-state index contributed by atoms with van der Waals surface area (Å²) < 4.78 is 25.5. The number of amides is 6. The lowest BCUT2D eigenvalue weighted by molar-refractivity contribution is -0.131. The summed E-state index contributed by atoms with van der Waals surface area (Å²) in [5.74, 6) is -0.633. The lowest BCUT2D eigenvalue weighted by Crippen LogP contribution is -2.52. The van der Waals surface area contributed by atoms with E-state index in [0.29, 0.717) is 110 Å². The molecule has 11 rings (SSSR count). The fraction of sp³-hybridized carbons (Fsp3) is 0.345. The minimum atomic E-state index is -1.19. The summed E-state index contributed by atoms with van der Waals surface area (Å²) >= 11 is 0. The zero-order chi connectivity index (χ0) is 53.2. The number of fused-ring (bicyclic) bond motifs is 2. The number of aromatic nitrogens is 4. The highest BCUT2D eigenvalue weighted by Gasteiger charge is 2.56. The van der Waals surface area contributed by atoms with Crippen molar-refractivity contribution in [1.82, 2.24) is 40.2 Å². The molecule has 4 aromatic carbocycles. The van der Waals surface area contributed by atoms with Crippen LogP contribution in [-0.4, -0.2) is 155 Å². The Morgan fingerprint density at radius 1 is 0.766 bits per heavy atom. The molecule has 4 N–H and O–H groups in total. The number of benzene rings is 4. The monoisotopic (exact) mass is 1050 g/mol. The summed E-state index contributed by atoms with van der Waals surface area (Å²) in [5, 5.41) is 20.7. The summed E-state index contributed by atoms with van der Waals surface area (Å²) in [6.07, 6.45) is 5.94. The van der Waals surface area contributed by atoms with Gasteiger partial charge in [-0.1, -0.05) is 0 Å². The predicted molar refractivity (Wildman–Crippen MR) is 283 cm³/mol. The third-order valence-corrected chi connectivity index (χ3v) is 14.9. The van der Waals surface area contributed by atoms with Crippen molar-refractivity contribution in [1.29, 1.82) is 0 Å². The summed E-state index contributed by atoms with van der Waals surface area (Å²) in [7, 11) is 1.60. The number of anilines is 5. The molecule has 2 aromatic heterocycles. The van der Waals surface area contributed by atoms with Gasteiger partial charge in [-0.25, -0.2) is 9.37 Å². The Bertz CT molecular complexity index is 3250. The van der Waals surface area contributed by atoms with E-state index in [1.807, 2.05) is 18.2 Å². The van der Waals surface area contributed by atoms with Crippen molar-refractivity contribution in [2.24, 2.45) is 5.41 Å². The average molecular weight is 1050 g/mol. The molecule has 1 unspecified atom stereocenters. The lowest BCUT2D eigenvalue weighted by atomic mass is 10.0. The smallest absolute Gasteiger partial charge is 0.276 e. The number of piperidine rings is 1. The van der Waals surface area contributed by atoms with Crippen LogP contribution in [0.3, 0.4) is 0 Å². The molecule has 1 aliphatic carbocycles. The van der Waals surface area contributed by atoms with Gasteiger partial charge in [0.2, 0.25) is 23.7 Å². The fourth-order valence-electron chi connectivity index (χ4n) is 10.3. The Morgan fingerprint density at radius 3 is 2.14 bits per heavy atom.